The van der Waals surface area contributed by atoms with E-state index in [0.29, 0.717) is 44.2 Å². The molecule has 0 spiro atoms. The quantitative estimate of drug-likeness (QED) is 0.638. The van der Waals surface area contributed by atoms with Crippen LogP contribution in [0.3, 0.4) is 0 Å². The normalized spacial score (nSPS) is 21.1. The van der Waals surface area contributed by atoms with E-state index in [1.165, 1.54) is 21.3 Å². The summed E-state index contributed by atoms with van der Waals surface area (Å²) in [4.78, 5) is 27.9. The van der Waals surface area contributed by atoms with Crippen LogP contribution in [0.5, 0.6) is 0 Å². The van der Waals surface area contributed by atoms with Crippen molar-refractivity contribution in [1.29, 1.82) is 0 Å². The third kappa shape index (κ3) is 4.67. The SMILES string of the molecule is O=C1C[C@@H]([NH+]2CCN(S(=O)(=O)c3ccc(Cl)cc3)CC2)C(=O)N1CCc1ccccc1. The monoisotopic (exact) mass is 462 g/mol. The highest BCUT2D eigenvalue weighted by atomic mass is 35.5. The van der Waals surface area contributed by atoms with Crippen LogP contribution in [-0.2, 0) is 26.0 Å². The van der Waals surface area contributed by atoms with Crippen LogP contribution in [0.4, 0.5) is 0 Å². The van der Waals surface area contributed by atoms with Crippen LogP contribution in [0.25, 0.3) is 0 Å². The summed E-state index contributed by atoms with van der Waals surface area (Å²) in [5, 5.41) is 0.481. The van der Waals surface area contributed by atoms with Gasteiger partial charge in [0.05, 0.1) is 37.5 Å². The summed E-state index contributed by atoms with van der Waals surface area (Å²) in [7, 11) is -3.60. The van der Waals surface area contributed by atoms with Crippen LogP contribution >= 0.6 is 11.6 Å². The van der Waals surface area contributed by atoms with E-state index >= 15 is 0 Å². The van der Waals surface area contributed by atoms with Gasteiger partial charge >= 0.3 is 0 Å². The molecule has 2 aromatic rings. The van der Waals surface area contributed by atoms with Gasteiger partial charge in [-0.05, 0) is 36.2 Å². The first-order chi connectivity index (χ1) is 14.9. The first-order valence-electron chi connectivity index (χ1n) is 10.3. The topological polar surface area (TPSA) is 79.2 Å². The lowest BCUT2D eigenvalue weighted by Gasteiger charge is -2.33. The van der Waals surface area contributed by atoms with E-state index < -0.39 is 16.1 Å². The number of quaternary nitrogens is 1. The van der Waals surface area contributed by atoms with Gasteiger partial charge in [0.15, 0.2) is 6.04 Å². The fourth-order valence-corrected chi connectivity index (χ4v) is 5.81. The lowest BCUT2D eigenvalue weighted by atomic mass is 10.1. The van der Waals surface area contributed by atoms with E-state index in [0.717, 1.165) is 10.5 Å². The van der Waals surface area contributed by atoms with Gasteiger partial charge in [0, 0.05) is 11.6 Å². The number of hydrogen-bond acceptors (Lipinski definition) is 4. The van der Waals surface area contributed by atoms with E-state index in [2.05, 4.69) is 0 Å². The summed E-state index contributed by atoms with van der Waals surface area (Å²) < 4.78 is 27.2. The van der Waals surface area contributed by atoms with Crippen molar-refractivity contribution < 1.29 is 22.9 Å². The van der Waals surface area contributed by atoms with Crippen LogP contribution in [0, 0.1) is 0 Å². The Morgan fingerprint density at radius 2 is 1.61 bits per heavy atom. The largest absolute Gasteiger partial charge is 0.322 e. The maximum absolute atomic E-state index is 12.9. The van der Waals surface area contributed by atoms with Gasteiger partial charge in [0.2, 0.25) is 15.9 Å². The maximum atomic E-state index is 12.9. The zero-order valence-electron chi connectivity index (χ0n) is 17.0. The highest BCUT2D eigenvalue weighted by molar-refractivity contribution is 7.89. The minimum atomic E-state index is -3.60. The third-order valence-electron chi connectivity index (χ3n) is 6.02. The molecular formula is C22H25ClN3O4S+. The van der Waals surface area contributed by atoms with Gasteiger partial charge in [0.25, 0.3) is 5.91 Å². The van der Waals surface area contributed by atoms with Crippen molar-refractivity contribution >= 4 is 33.4 Å². The van der Waals surface area contributed by atoms with Crippen molar-refractivity contribution in [3.05, 3.63) is 65.2 Å². The van der Waals surface area contributed by atoms with Gasteiger partial charge in [-0.1, -0.05) is 41.9 Å². The molecule has 2 aromatic carbocycles. The lowest BCUT2D eigenvalue weighted by Crippen LogP contribution is -3.19. The van der Waals surface area contributed by atoms with Crippen molar-refractivity contribution in [1.82, 2.24) is 9.21 Å². The molecule has 7 nitrogen and oxygen atoms in total. The number of imide groups is 1. The van der Waals surface area contributed by atoms with Gasteiger partial charge in [0.1, 0.15) is 0 Å². The molecule has 2 aliphatic heterocycles. The first kappa shape index (κ1) is 22.0. The molecule has 0 radical (unpaired) electrons. The summed E-state index contributed by atoms with van der Waals surface area (Å²) >= 11 is 5.86. The molecule has 1 N–H and O–H groups in total. The standard InChI is InChI=1S/C22H24ClN3O4S/c23-18-6-8-19(9-7-18)31(29,30)25-14-12-24(13-15-25)20-16-21(27)26(22(20)28)11-10-17-4-2-1-3-5-17/h1-9,20H,10-16H2/p+1/t20-/m1/s1. The number of carbonyl (C=O) groups is 2. The van der Waals surface area contributed by atoms with Crippen molar-refractivity contribution in [2.24, 2.45) is 0 Å². The smallest absolute Gasteiger partial charge is 0.288 e. The second-order valence-electron chi connectivity index (χ2n) is 7.89. The molecule has 0 aromatic heterocycles. The Morgan fingerprint density at radius 1 is 0.968 bits per heavy atom. The Kier molecular flexibility index (Phi) is 6.43. The lowest BCUT2D eigenvalue weighted by molar-refractivity contribution is -0.918. The number of nitrogens with zero attached hydrogens (tertiary/aromatic N) is 2. The van der Waals surface area contributed by atoms with Gasteiger partial charge < -0.3 is 4.90 Å². The van der Waals surface area contributed by atoms with Crippen molar-refractivity contribution in [3.8, 4) is 0 Å². The van der Waals surface area contributed by atoms with E-state index in [4.69, 9.17) is 11.6 Å². The molecular weight excluding hydrogens is 438 g/mol. The molecule has 2 amide bonds. The van der Waals surface area contributed by atoms with Crippen molar-refractivity contribution in [2.45, 2.75) is 23.8 Å². The van der Waals surface area contributed by atoms with E-state index in [1.807, 2.05) is 30.3 Å². The molecule has 0 unspecified atom stereocenters. The molecule has 164 valence electrons. The van der Waals surface area contributed by atoms with E-state index in [1.54, 1.807) is 12.1 Å². The fourth-order valence-electron chi connectivity index (χ4n) is 4.24. The number of nitrogens with one attached hydrogen (secondary N) is 1. The Bertz CT molecular complexity index is 1050. The number of benzene rings is 2. The van der Waals surface area contributed by atoms with Crippen molar-refractivity contribution in [2.75, 3.05) is 32.7 Å². The number of hydrogen-bond donors (Lipinski definition) is 1. The van der Waals surface area contributed by atoms with Gasteiger partial charge in [-0.2, -0.15) is 4.31 Å². The van der Waals surface area contributed by atoms with Crippen LogP contribution in [0.15, 0.2) is 59.5 Å². The van der Waals surface area contributed by atoms with Gasteiger partial charge in [-0.15, -0.1) is 0 Å². The summed E-state index contributed by atoms with van der Waals surface area (Å²) in [6, 6.07) is 15.5. The summed E-state index contributed by atoms with van der Waals surface area (Å²) in [6.07, 6.45) is 0.820. The molecule has 2 aliphatic rings. The number of sulfonamides is 1. The van der Waals surface area contributed by atoms with Crippen molar-refractivity contribution in [3.63, 3.8) is 0 Å². The predicted octanol–water partition coefficient (Wildman–Crippen LogP) is 0.599. The Balaban J connectivity index is 1.36. The molecule has 0 saturated carbocycles. The van der Waals surface area contributed by atoms with Crippen LogP contribution in [-0.4, -0.2) is 68.2 Å². The second kappa shape index (κ2) is 9.08. The number of carbonyl (C=O) groups excluding carboxylic acids is 2. The van der Waals surface area contributed by atoms with Crippen LogP contribution in [0.1, 0.15) is 12.0 Å². The average molecular weight is 463 g/mol. The maximum Gasteiger partial charge on any atom is 0.288 e. The number of rotatable bonds is 6. The predicted molar refractivity (Wildman–Crippen MR) is 116 cm³/mol. The zero-order chi connectivity index (χ0) is 22.0. The Morgan fingerprint density at radius 3 is 2.26 bits per heavy atom. The molecule has 0 aliphatic carbocycles. The highest BCUT2D eigenvalue weighted by Crippen LogP contribution is 2.19. The Hall–Kier alpha value is -2.26. The van der Waals surface area contributed by atoms with E-state index in [-0.39, 0.29) is 23.1 Å². The molecule has 9 heteroatoms. The number of piperazine rings is 1. The molecule has 1 atom stereocenters. The molecule has 31 heavy (non-hydrogen) atoms. The average Bonchev–Trinajstić information content (AvgIpc) is 3.07. The molecule has 2 saturated heterocycles. The molecule has 0 bridgehead atoms. The fraction of sp³-hybridized carbons (Fsp3) is 0.364. The minimum Gasteiger partial charge on any atom is -0.322 e. The second-order valence-corrected chi connectivity index (χ2v) is 10.3. The third-order valence-corrected chi connectivity index (χ3v) is 8.18. The first-order valence-corrected chi connectivity index (χ1v) is 12.2. The van der Waals surface area contributed by atoms with Gasteiger partial charge in [-0.25, -0.2) is 8.42 Å². The number of likely N-dealkylation sites (tertiary alicyclic amines) is 1. The zero-order valence-corrected chi connectivity index (χ0v) is 18.6. The summed E-state index contributed by atoms with van der Waals surface area (Å²) in [6.45, 7) is 1.97. The molecule has 4 rings (SSSR count). The highest BCUT2D eigenvalue weighted by Gasteiger charge is 2.46. The van der Waals surface area contributed by atoms with Crippen LogP contribution in [0.2, 0.25) is 5.02 Å². The van der Waals surface area contributed by atoms with E-state index in [9.17, 15) is 18.0 Å². The Labute approximate surface area is 187 Å². The molecule has 2 heterocycles. The summed E-state index contributed by atoms with van der Waals surface area (Å²) in [5.74, 6) is -0.292. The summed E-state index contributed by atoms with van der Waals surface area (Å²) in [5.41, 5.74) is 1.08. The molecule has 2 fully saturated rings. The van der Waals surface area contributed by atoms with Gasteiger partial charge in [-0.3, -0.25) is 14.5 Å². The minimum absolute atomic E-state index is 0.144. The van der Waals surface area contributed by atoms with Crippen LogP contribution < -0.4 is 4.90 Å². The number of halogens is 1. The number of amides is 2.